The first kappa shape index (κ1) is 22.4. The van der Waals surface area contributed by atoms with Crippen molar-refractivity contribution in [2.24, 2.45) is 4.99 Å². The Morgan fingerprint density at radius 1 is 1.12 bits per heavy atom. The highest BCUT2D eigenvalue weighted by Crippen LogP contribution is 2.36. The number of methoxy groups -OCH3 is 1. The predicted molar refractivity (Wildman–Crippen MR) is 134 cm³/mol. The van der Waals surface area contributed by atoms with Crippen LogP contribution < -0.4 is 0 Å². The molecule has 0 spiro atoms. The second kappa shape index (κ2) is 10.2. The number of amides is 1. The smallest absolute Gasteiger partial charge is 0.266 e. The summed E-state index contributed by atoms with van der Waals surface area (Å²) in [6.45, 7) is 5.60. The Morgan fingerprint density at radius 2 is 1.88 bits per heavy atom. The summed E-state index contributed by atoms with van der Waals surface area (Å²) in [5, 5.41) is 1.88. The van der Waals surface area contributed by atoms with E-state index in [1.54, 1.807) is 12.0 Å². The molecule has 4 rings (SSSR count). The number of thioether (sulfide) groups is 1. The average molecular weight is 448 g/mol. The number of ether oxygens (including phenoxy) is 1. The van der Waals surface area contributed by atoms with Gasteiger partial charge in [0.1, 0.15) is 0 Å². The second-order valence-corrected chi connectivity index (χ2v) is 8.92. The summed E-state index contributed by atoms with van der Waals surface area (Å²) >= 11 is 1.44. The van der Waals surface area contributed by atoms with Gasteiger partial charge in [-0.05, 0) is 55.8 Å². The Morgan fingerprint density at radius 3 is 2.62 bits per heavy atom. The van der Waals surface area contributed by atoms with E-state index in [1.165, 1.54) is 17.3 Å². The number of rotatable bonds is 8. The highest BCUT2D eigenvalue weighted by molar-refractivity contribution is 8.18. The minimum Gasteiger partial charge on any atom is -0.385 e. The van der Waals surface area contributed by atoms with Crippen LogP contribution in [0.3, 0.4) is 0 Å². The normalized spacial score (nSPS) is 17.7. The van der Waals surface area contributed by atoms with Crippen molar-refractivity contribution in [2.45, 2.75) is 32.7 Å². The van der Waals surface area contributed by atoms with Crippen LogP contribution >= 0.6 is 11.8 Å². The molecule has 2 heterocycles. The number of nitrogens with zero attached hydrogens (tertiary/aromatic N) is 3. The number of carbonyl (C=O) groups excluding carboxylic acids is 1. The number of hydrogen-bond donors (Lipinski definition) is 0. The lowest BCUT2D eigenvalue weighted by Crippen LogP contribution is -2.30. The van der Waals surface area contributed by atoms with Crippen molar-refractivity contribution in [3.8, 4) is 0 Å². The Labute approximate surface area is 193 Å². The number of aromatic nitrogens is 1. The summed E-state index contributed by atoms with van der Waals surface area (Å²) < 4.78 is 7.50. The number of benzene rings is 2. The number of aliphatic imine (C=N–C) groups is 1. The Bertz CT molecular complexity index is 1150. The maximum absolute atomic E-state index is 13.3. The third-order valence-corrected chi connectivity index (χ3v) is 6.73. The molecular weight excluding hydrogens is 418 g/mol. The van der Waals surface area contributed by atoms with Crippen molar-refractivity contribution in [2.75, 3.05) is 20.3 Å². The zero-order valence-corrected chi connectivity index (χ0v) is 19.6. The van der Waals surface area contributed by atoms with Gasteiger partial charge in [0.2, 0.25) is 0 Å². The van der Waals surface area contributed by atoms with Crippen LogP contribution in [0.5, 0.6) is 0 Å². The fourth-order valence-corrected chi connectivity index (χ4v) is 4.83. The molecule has 3 aromatic rings. The molecule has 0 aliphatic carbocycles. The lowest BCUT2D eigenvalue weighted by atomic mass is 10.1. The molecular formula is C26H29N3O2S. The lowest BCUT2D eigenvalue weighted by molar-refractivity contribution is -0.122. The van der Waals surface area contributed by atoms with Crippen molar-refractivity contribution < 1.29 is 9.53 Å². The standard InChI is InChI=1S/C26H29N3O2S/c1-4-19(2)29-18-20(22-13-8-9-14-23(22)29)17-24-25(30)28(15-10-16-31-3)26(32-24)27-21-11-6-5-7-12-21/h5-9,11-14,17-19H,4,10,15-16H2,1-3H3/b24-17-,27-26?/t19-/m0/s1. The van der Waals surface area contributed by atoms with E-state index in [9.17, 15) is 4.79 Å². The predicted octanol–water partition coefficient (Wildman–Crippen LogP) is 6.25. The molecule has 1 atom stereocenters. The van der Waals surface area contributed by atoms with Gasteiger partial charge in [-0.1, -0.05) is 43.3 Å². The van der Waals surface area contributed by atoms with Gasteiger partial charge in [-0.2, -0.15) is 0 Å². The molecule has 0 radical (unpaired) electrons. The van der Waals surface area contributed by atoms with Crippen molar-refractivity contribution in [1.29, 1.82) is 0 Å². The number of fused-ring (bicyclic) bond motifs is 1. The quantitative estimate of drug-likeness (QED) is 0.303. The molecule has 1 fully saturated rings. The fraction of sp³-hybridized carbons (Fsp3) is 0.308. The van der Waals surface area contributed by atoms with Gasteiger partial charge in [0, 0.05) is 49.0 Å². The first-order valence-corrected chi connectivity index (χ1v) is 11.9. The molecule has 5 nitrogen and oxygen atoms in total. The van der Waals surface area contributed by atoms with Crippen LogP contribution in [-0.4, -0.2) is 40.8 Å². The van der Waals surface area contributed by atoms with E-state index in [0.29, 0.717) is 29.3 Å². The maximum Gasteiger partial charge on any atom is 0.266 e. The highest BCUT2D eigenvalue weighted by Gasteiger charge is 2.33. The molecule has 1 saturated heterocycles. The largest absolute Gasteiger partial charge is 0.385 e. The van der Waals surface area contributed by atoms with Crippen LogP contribution in [0.15, 0.2) is 70.7 Å². The summed E-state index contributed by atoms with van der Waals surface area (Å²) in [6, 6.07) is 18.6. The lowest BCUT2D eigenvalue weighted by Gasteiger charge is -2.15. The van der Waals surface area contributed by atoms with E-state index in [1.807, 2.05) is 42.5 Å². The maximum atomic E-state index is 13.3. The van der Waals surface area contributed by atoms with E-state index < -0.39 is 0 Å². The van der Waals surface area contributed by atoms with Crippen LogP contribution in [-0.2, 0) is 9.53 Å². The van der Waals surface area contributed by atoms with E-state index in [2.05, 4.69) is 42.8 Å². The van der Waals surface area contributed by atoms with Gasteiger partial charge in [-0.15, -0.1) is 0 Å². The summed E-state index contributed by atoms with van der Waals surface area (Å²) in [6.07, 6.45) is 5.99. The third kappa shape index (κ3) is 4.66. The fourth-order valence-electron chi connectivity index (χ4n) is 3.82. The molecule has 0 bridgehead atoms. The first-order valence-electron chi connectivity index (χ1n) is 11.1. The first-order chi connectivity index (χ1) is 15.6. The van der Waals surface area contributed by atoms with Crippen molar-refractivity contribution in [3.63, 3.8) is 0 Å². The van der Waals surface area contributed by atoms with Crippen LogP contribution in [0.4, 0.5) is 5.69 Å². The van der Waals surface area contributed by atoms with Gasteiger partial charge in [0.05, 0.1) is 10.6 Å². The summed E-state index contributed by atoms with van der Waals surface area (Å²) in [5.41, 5.74) is 3.10. The molecule has 0 unspecified atom stereocenters. The van der Waals surface area contributed by atoms with Crippen LogP contribution in [0.2, 0.25) is 0 Å². The molecule has 1 aliphatic rings. The monoisotopic (exact) mass is 447 g/mol. The van der Waals surface area contributed by atoms with Gasteiger partial charge in [0.25, 0.3) is 5.91 Å². The van der Waals surface area contributed by atoms with Crippen LogP contribution in [0.25, 0.3) is 17.0 Å². The number of hydrogen-bond acceptors (Lipinski definition) is 4. The Kier molecular flexibility index (Phi) is 7.12. The second-order valence-electron chi connectivity index (χ2n) is 7.91. The zero-order valence-electron chi connectivity index (χ0n) is 18.8. The average Bonchev–Trinajstić information content (AvgIpc) is 3.32. The minimum absolute atomic E-state index is 0.00107. The third-order valence-electron chi connectivity index (χ3n) is 5.72. The molecule has 0 saturated carbocycles. The van der Waals surface area contributed by atoms with E-state index >= 15 is 0 Å². The van der Waals surface area contributed by atoms with Gasteiger partial charge in [-0.3, -0.25) is 9.69 Å². The summed E-state index contributed by atoms with van der Waals surface area (Å²) in [7, 11) is 1.68. The van der Waals surface area contributed by atoms with Crippen molar-refractivity contribution >= 4 is 45.5 Å². The summed E-state index contributed by atoms with van der Waals surface area (Å²) in [4.78, 5) is 20.6. The molecule has 1 aliphatic heterocycles. The van der Waals surface area contributed by atoms with Gasteiger partial charge < -0.3 is 9.30 Å². The van der Waals surface area contributed by atoms with E-state index in [-0.39, 0.29) is 5.91 Å². The number of para-hydroxylation sites is 2. The van der Waals surface area contributed by atoms with E-state index in [0.717, 1.165) is 29.5 Å². The zero-order chi connectivity index (χ0) is 22.5. The molecule has 1 aromatic heterocycles. The van der Waals surface area contributed by atoms with Gasteiger partial charge in [0.15, 0.2) is 5.17 Å². The Balaban J connectivity index is 1.72. The molecule has 6 heteroatoms. The topological polar surface area (TPSA) is 46.8 Å². The molecule has 32 heavy (non-hydrogen) atoms. The molecule has 166 valence electrons. The Hall–Kier alpha value is -2.83. The van der Waals surface area contributed by atoms with E-state index in [4.69, 9.17) is 9.73 Å². The van der Waals surface area contributed by atoms with Crippen LogP contribution in [0, 0.1) is 0 Å². The SMILES string of the molecule is CC[C@H](C)n1cc(/C=C2\SC(=Nc3ccccc3)N(CCCOC)C2=O)c2ccccc21. The van der Waals surface area contributed by atoms with Crippen molar-refractivity contribution in [1.82, 2.24) is 9.47 Å². The van der Waals surface area contributed by atoms with Gasteiger partial charge in [-0.25, -0.2) is 4.99 Å². The number of carbonyl (C=O) groups is 1. The highest BCUT2D eigenvalue weighted by atomic mass is 32.2. The summed E-state index contributed by atoms with van der Waals surface area (Å²) in [5.74, 6) is 0.00107. The van der Waals surface area contributed by atoms with Crippen molar-refractivity contribution in [3.05, 3.63) is 71.3 Å². The molecule has 2 aromatic carbocycles. The number of amidine groups is 1. The minimum atomic E-state index is 0.00107. The van der Waals surface area contributed by atoms with Crippen LogP contribution in [0.1, 0.15) is 38.3 Å². The molecule has 1 amide bonds. The molecule has 0 N–H and O–H groups in total. The van der Waals surface area contributed by atoms with Gasteiger partial charge >= 0.3 is 0 Å².